The first kappa shape index (κ1) is 9.30. The second-order valence-corrected chi connectivity index (χ2v) is 4.89. The lowest BCUT2D eigenvalue weighted by atomic mass is 10.4. The van der Waals surface area contributed by atoms with E-state index in [0.717, 1.165) is 6.42 Å². The number of thiophene rings is 1. The quantitative estimate of drug-likeness (QED) is 0.708. The standard InChI is InChI=1S/C8H8BrClS/c9-8-5-4-7(11-8)3-1-2-6-10/h1,3-5H,2,6H2/b3-1+. The summed E-state index contributed by atoms with van der Waals surface area (Å²) in [4.78, 5) is 1.27. The van der Waals surface area contributed by atoms with E-state index in [1.54, 1.807) is 11.3 Å². The highest BCUT2D eigenvalue weighted by molar-refractivity contribution is 9.11. The van der Waals surface area contributed by atoms with Gasteiger partial charge in [0.1, 0.15) is 0 Å². The van der Waals surface area contributed by atoms with Crippen LogP contribution in [0.3, 0.4) is 0 Å². The fourth-order valence-corrected chi connectivity index (χ4v) is 2.16. The molecule has 0 aromatic carbocycles. The molecule has 0 bridgehead atoms. The fourth-order valence-electron chi connectivity index (χ4n) is 0.680. The van der Waals surface area contributed by atoms with Crippen LogP contribution in [0.2, 0.25) is 0 Å². The van der Waals surface area contributed by atoms with Gasteiger partial charge >= 0.3 is 0 Å². The molecule has 0 amide bonds. The minimum Gasteiger partial charge on any atom is -0.129 e. The van der Waals surface area contributed by atoms with Gasteiger partial charge < -0.3 is 0 Å². The van der Waals surface area contributed by atoms with Gasteiger partial charge in [0.05, 0.1) is 3.79 Å². The van der Waals surface area contributed by atoms with E-state index in [9.17, 15) is 0 Å². The van der Waals surface area contributed by atoms with Crippen LogP contribution >= 0.6 is 38.9 Å². The van der Waals surface area contributed by atoms with Crippen LogP contribution in [0.1, 0.15) is 11.3 Å². The summed E-state index contributed by atoms with van der Waals surface area (Å²) in [5.74, 6) is 0.697. The van der Waals surface area contributed by atoms with Crippen LogP contribution in [0.4, 0.5) is 0 Å². The SMILES string of the molecule is ClCC/C=C/c1ccc(Br)s1. The molecule has 0 unspecified atom stereocenters. The molecule has 0 nitrogen and oxygen atoms in total. The Morgan fingerprint density at radius 3 is 2.91 bits per heavy atom. The fraction of sp³-hybridized carbons (Fsp3) is 0.250. The van der Waals surface area contributed by atoms with Crippen LogP contribution in [0.5, 0.6) is 0 Å². The average Bonchev–Trinajstić information content (AvgIpc) is 2.37. The smallest absolute Gasteiger partial charge is 0.0704 e. The van der Waals surface area contributed by atoms with Gasteiger partial charge in [-0.1, -0.05) is 6.08 Å². The van der Waals surface area contributed by atoms with Gasteiger partial charge in [0, 0.05) is 10.8 Å². The molecular formula is C8H8BrClS. The van der Waals surface area contributed by atoms with E-state index in [0.29, 0.717) is 5.88 Å². The lowest BCUT2D eigenvalue weighted by molar-refractivity contribution is 1.25. The van der Waals surface area contributed by atoms with Gasteiger partial charge in [-0.05, 0) is 40.6 Å². The van der Waals surface area contributed by atoms with Crippen molar-refractivity contribution < 1.29 is 0 Å². The van der Waals surface area contributed by atoms with Crippen molar-refractivity contribution in [3.8, 4) is 0 Å². The largest absolute Gasteiger partial charge is 0.129 e. The van der Waals surface area contributed by atoms with Gasteiger partial charge in [0.15, 0.2) is 0 Å². The van der Waals surface area contributed by atoms with Gasteiger partial charge in [-0.2, -0.15) is 0 Å². The molecule has 0 saturated heterocycles. The number of rotatable bonds is 3. The third-order valence-electron chi connectivity index (χ3n) is 1.15. The van der Waals surface area contributed by atoms with E-state index < -0.39 is 0 Å². The van der Waals surface area contributed by atoms with Crippen LogP contribution in [-0.2, 0) is 0 Å². The van der Waals surface area contributed by atoms with Crippen molar-refractivity contribution >= 4 is 44.9 Å². The molecule has 11 heavy (non-hydrogen) atoms. The lowest BCUT2D eigenvalue weighted by Crippen LogP contribution is -1.64. The summed E-state index contributed by atoms with van der Waals surface area (Å²) in [5.41, 5.74) is 0. The zero-order valence-electron chi connectivity index (χ0n) is 5.89. The Kier molecular flexibility index (Phi) is 4.20. The normalized spacial score (nSPS) is 11.1. The Labute approximate surface area is 84.0 Å². The number of hydrogen-bond acceptors (Lipinski definition) is 1. The summed E-state index contributed by atoms with van der Waals surface area (Å²) in [6, 6.07) is 4.13. The van der Waals surface area contributed by atoms with Gasteiger partial charge in [-0.25, -0.2) is 0 Å². The summed E-state index contributed by atoms with van der Waals surface area (Å²) in [6.45, 7) is 0. The van der Waals surface area contributed by atoms with E-state index in [2.05, 4.69) is 34.1 Å². The Morgan fingerprint density at radius 1 is 1.55 bits per heavy atom. The van der Waals surface area contributed by atoms with Gasteiger partial charge in [0.2, 0.25) is 0 Å². The lowest BCUT2D eigenvalue weighted by Gasteiger charge is -1.82. The molecule has 0 saturated carbocycles. The van der Waals surface area contributed by atoms with Crippen molar-refractivity contribution in [1.29, 1.82) is 0 Å². The molecule has 0 aliphatic rings. The molecule has 0 aliphatic carbocycles. The maximum absolute atomic E-state index is 5.52. The first-order chi connectivity index (χ1) is 5.33. The monoisotopic (exact) mass is 250 g/mol. The Balaban J connectivity index is 2.50. The van der Waals surface area contributed by atoms with E-state index in [-0.39, 0.29) is 0 Å². The molecule has 1 aromatic heterocycles. The zero-order chi connectivity index (χ0) is 8.10. The van der Waals surface area contributed by atoms with Crippen molar-refractivity contribution in [1.82, 2.24) is 0 Å². The minimum absolute atomic E-state index is 0.697. The maximum Gasteiger partial charge on any atom is 0.0704 e. The highest BCUT2D eigenvalue weighted by Crippen LogP contribution is 2.22. The number of allylic oxidation sites excluding steroid dienone is 1. The van der Waals surface area contributed by atoms with Crippen molar-refractivity contribution in [2.24, 2.45) is 0 Å². The van der Waals surface area contributed by atoms with Crippen LogP contribution in [-0.4, -0.2) is 5.88 Å². The average molecular weight is 252 g/mol. The molecule has 0 radical (unpaired) electrons. The highest BCUT2D eigenvalue weighted by Gasteiger charge is 1.90. The van der Waals surface area contributed by atoms with E-state index in [1.807, 2.05) is 6.07 Å². The summed E-state index contributed by atoms with van der Waals surface area (Å²) in [7, 11) is 0. The Hall–Kier alpha value is 0.210. The third-order valence-corrected chi connectivity index (χ3v) is 2.96. The van der Waals surface area contributed by atoms with Crippen LogP contribution in [0.15, 0.2) is 22.0 Å². The van der Waals surface area contributed by atoms with Gasteiger partial charge in [0.25, 0.3) is 0 Å². The van der Waals surface area contributed by atoms with Crippen molar-refractivity contribution in [2.45, 2.75) is 6.42 Å². The van der Waals surface area contributed by atoms with Gasteiger partial charge in [-0.15, -0.1) is 22.9 Å². The van der Waals surface area contributed by atoms with Gasteiger partial charge in [-0.3, -0.25) is 0 Å². The molecule has 1 heterocycles. The predicted octanol–water partition coefficient (Wildman–Crippen LogP) is 4.15. The topological polar surface area (TPSA) is 0 Å². The molecule has 0 aliphatic heterocycles. The molecule has 1 rings (SSSR count). The second-order valence-electron chi connectivity index (χ2n) is 2.02. The molecule has 3 heteroatoms. The third kappa shape index (κ3) is 3.41. The molecule has 0 fully saturated rings. The minimum atomic E-state index is 0.697. The van der Waals surface area contributed by atoms with Crippen molar-refractivity contribution in [3.63, 3.8) is 0 Å². The molecule has 0 spiro atoms. The molecule has 60 valence electrons. The first-order valence-electron chi connectivity index (χ1n) is 3.31. The first-order valence-corrected chi connectivity index (χ1v) is 5.45. The second kappa shape index (κ2) is 4.96. The summed E-state index contributed by atoms with van der Waals surface area (Å²) in [5, 5.41) is 0. The predicted molar refractivity (Wildman–Crippen MR) is 56.4 cm³/mol. The Bertz CT molecular complexity index is 242. The Morgan fingerprint density at radius 2 is 2.36 bits per heavy atom. The van der Waals surface area contributed by atoms with E-state index in [1.165, 1.54) is 8.66 Å². The van der Waals surface area contributed by atoms with E-state index in [4.69, 9.17) is 11.6 Å². The molecule has 0 atom stereocenters. The summed E-state index contributed by atoms with van der Waals surface area (Å²) in [6.07, 6.45) is 5.13. The van der Waals surface area contributed by atoms with E-state index >= 15 is 0 Å². The maximum atomic E-state index is 5.52. The highest BCUT2D eigenvalue weighted by atomic mass is 79.9. The number of halogens is 2. The van der Waals surface area contributed by atoms with Crippen LogP contribution in [0, 0.1) is 0 Å². The van der Waals surface area contributed by atoms with Crippen molar-refractivity contribution in [3.05, 3.63) is 26.9 Å². The molecular weight excluding hydrogens is 244 g/mol. The molecule has 0 N–H and O–H groups in total. The number of alkyl halides is 1. The van der Waals surface area contributed by atoms with Crippen LogP contribution in [0.25, 0.3) is 6.08 Å². The molecule has 1 aromatic rings. The number of hydrogen-bond donors (Lipinski definition) is 0. The zero-order valence-corrected chi connectivity index (χ0v) is 9.05. The van der Waals surface area contributed by atoms with Crippen LogP contribution < -0.4 is 0 Å². The van der Waals surface area contributed by atoms with Crippen molar-refractivity contribution in [2.75, 3.05) is 5.88 Å². The summed E-state index contributed by atoms with van der Waals surface area (Å²) >= 11 is 10.6. The summed E-state index contributed by atoms with van der Waals surface area (Å²) < 4.78 is 1.17.